The van der Waals surface area contributed by atoms with Crippen molar-refractivity contribution in [3.05, 3.63) is 35.9 Å². The molecule has 0 radical (unpaired) electrons. The quantitative estimate of drug-likeness (QED) is 0.822. The molecule has 1 aromatic carbocycles. The van der Waals surface area contributed by atoms with E-state index in [2.05, 4.69) is 26.0 Å². The normalized spacial score (nSPS) is 18.4. The number of rotatable bonds is 7. The van der Waals surface area contributed by atoms with E-state index in [1.807, 2.05) is 23.1 Å². The van der Waals surface area contributed by atoms with Crippen LogP contribution in [0.2, 0.25) is 0 Å². The highest BCUT2D eigenvalue weighted by Crippen LogP contribution is 2.29. The first-order valence-corrected chi connectivity index (χ1v) is 8.97. The lowest BCUT2D eigenvalue weighted by atomic mass is 9.80. The Labute approximate surface area is 144 Å². The van der Waals surface area contributed by atoms with E-state index in [4.69, 9.17) is 5.11 Å². The Balaban J connectivity index is 1.93. The fourth-order valence-electron chi connectivity index (χ4n) is 3.52. The lowest BCUT2D eigenvalue weighted by Crippen LogP contribution is -2.44. The van der Waals surface area contributed by atoms with E-state index in [0.717, 1.165) is 32.2 Å². The van der Waals surface area contributed by atoms with Gasteiger partial charge in [0.05, 0.1) is 0 Å². The van der Waals surface area contributed by atoms with Crippen LogP contribution in [0.15, 0.2) is 30.3 Å². The van der Waals surface area contributed by atoms with E-state index >= 15 is 0 Å². The van der Waals surface area contributed by atoms with E-state index in [9.17, 15) is 9.59 Å². The predicted molar refractivity (Wildman–Crippen MR) is 94.9 cm³/mol. The number of hydrogen-bond donors (Lipinski definition) is 1. The topological polar surface area (TPSA) is 57.6 Å². The van der Waals surface area contributed by atoms with Crippen LogP contribution < -0.4 is 0 Å². The summed E-state index contributed by atoms with van der Waals surface area (Å²) in [5.74, 6) is -0.604. The Morgan fingerprint density at radius 2 is 1.88 bits per heavy atom. The molecule has 1 heterocycles. The summed E-state index contributed by atoms with van der Waals surface area (Å²) in [6.45, 7) is 5.12. The number of likely N-dealkylation sites (tertiary alicyclic amines) is 1. The van der Waals surface area contributed by atoms with Crippen molar-refractivity contribution in [1.29, 1.82) is 0 Å². The van der Waals surface area contributed by atoms with Gasteiger partial charge in [0.25, 0.3) is 0 Å². The standard InChI is InChI=1S/C20H29NO3/c1-20(2,16-8-4-3-5-9-16)14-13-18(22)21-15-7-6-10-17(21)11-12-19(23)24/h3-5,8-9,17H,6-7,10-15H2,1-2H3,(H,23,24). The van der Waals surface area contributed by atoms with Gasteiger partial charge < -0.3 is 10.0 Å². The lowest BCUT2D eigenvalue weighted by molar-refractivity contribution is -0.140. The number of benzene rings is 1. The summed E-state index contributed by atoms with van der Waals surface area (Å²) >= 11 is 0. The summed E-state index contributed by atoms with van der Waals surface area (Å²) in [7, 11) is 0. The molecular formula is C20H29NO3. The van der Waals surface area contributed by atoms with Gasteiger partial charge >= 0.3 is 5.97 Å². The molecule has 0 saturated carbocycles. The number of carboxylic acid groups (broad SMARTS) is 1. The largest absolute Gasteiger partial charge is 0.481 e. The van der Waals surface area contributed by atoms with Crippen molar-refractivity contribution in [3.63, 3.8) is 0 Å². The number of carbonyl (C=O) groups excluding carboxylic acids is 1. The highest BCUT2D eigenvalue weighted by Gasteiger charge is 2.29. The van der Waals surface area contributed by atoms with E-state index in [-0.39, 0.29) is 23.8 Å². The maximum atomic E-state index is 12.7. The van der Waals surface area contributed by atoms with Gasteiger partial charge in [0.1, 0.15) is 0 Å². The summed E-state index contributed by atoms with van der Waals surface area (Å²) in [5, 5.41) is 8.90. The highest BCUT2D eigenvalue weighted by molar-refractivity contribution is 5.77. The van der Waals surface area contributed by atoms with Crippen molar-refractivity contribution in [2.75, 3.05) is 6.54 Å². The molecule has 0 aliphatic carbocycles. The Morgan fingerprint density at radius 3 is 2.54 bits per heavy atom. The monoisotopic (exact) mass is 331 g/mol. The minimum absolute atomic E-state index is 0.0384. The minimum atomic E-state index is -0.779. The maximum Gasteiger partial charge on any atom is 0.303 e. The third-order valence-electron chi connectivity index (χ3n) is 5.16. The fraction of sp³-hybridized carbons (Fsp3) is 0.600. The molecule has 1 aliphatic rings. The van der Waals surface area contributed by atoms with Crippen LogP contribution in [0.3, 0.4) is 0 Å². The molecule has 0 bridgehead atoms. The van der Waals surface area contributed by atoms with Crippen LogP contribution in [0, 0.1) is 0 Å². The molecule has 132 valence electrons. The molecule has 1 aromatic rings. The first kappa shape index (κ1) is 18.5. The van der Waals surface area contributed by atoms with Gasteiger partial charge in [-0.15, -0.1) is 0 Å². The average molecular weight is 331 g/mol. The summed E-state index contributed by atoms with van der Waals surface area (Å²) < 4.78 is 0. The van der Waals surface area contributed by atoms with Crippen LogP contribution in [-0.2, 0) is 15.0 Å². The van der Waals surface area contributed by atoms with Gasteiger partial charge in [0, 0.05) is 25.4 Å². The van der Waals surface area contributed by atoms with Crippen LogP contribution in [0.25, 0.3) is 0 Å². The molecule has 2 rings (SSSR count). The van der Waals surface area contributed by atoms with Crippen LogP contribution in [0.5, 0.6) is 0 Å². The number of nitrogens with zero attached hydrogens (tertiary/aromatic N) is 1. The molecule has 1 aliphatic heterocycles. The second kappa shape index (κ2) is 8.32. The van der Waals surface area contributed by atoms with E-state index in [1.165, 1.54) is 5.56 Å². The number of carboxylic acids is 1. The van der Waals surface area contributed by atoms with Crippen molar-refractivity contribution < 1.29 is 14.7 Å². The number of amides is 1. The Bertz CT molecular complexity index is 553. The van der Waals surface area contributed by atoms with Crippen LogP contribution >= 0.6 is 0 Å². The lowest BCUT2D eigenvalue weighted by Gasteiger charge is -2.36. The van der Waals surface area contributed by atoms with Crippen molar-refractivity contribution in [3.8, 4) is 0 Å². The molecule has 0 spiro atoms. The zero-order chi connectivity index (χ0) is 17.6. The van der Waals surface area contributed by atoms with Crippen molar-refractivity contribution in [1.82, 2.24) is 4.90 Å². The van der Waals surface area contributed by atoms with Gasteiger partial charge in [-0.05, 0) is 43.1 Å². The molecule has 1 amide bonds. The highest BCUT2D eigenvalue weighted by atomic mass is 16.4. The van der Waals surface area contributed by atoms with Gasteiger partial charge in [-0.1, -0.05) is 44.2 Å². The zero-order valence-corrected chi connectivity index (χ0v) is 14.8. The molecule has 1 unspecified atom stereocenters. The molecule has 24 heavy (non-hydrogen) atoms. The van der Waals surface area contributed by atoms with E-state index in [0.29, 0.717) is 12.8 Å². The SMILES string of the molecule is CC(C)(CCC(=O)N1CCCCC1CCC(=O)O)c1ccccc1. The number of hydrogen-bond acceptors (Lipinski definition) is 2. The smallest absolute Gasteiger partial charge is 0.303 e. The van der Waals surface area contributed by atoms with E-state index < -0.39 is 5.97 Å². The molecule has 1 saturated heterocycles. The number of aliphatic carboxylic acids is 1. The van der Waals surface area contributed by atoms with Gasteiger partial charge in [0.2, 0.25) is 5.91 Å². The van der Waals surface area contributed by atoms with Gasteiger partial charge in [-0.3, -0.25) is 9.59 Å². The fourth-order valence-corrected chi connectivity index (χ4v) is 3.52. The minimum Gasteiger partial charge on any atom is -0.481 e. The van der Waals surface area contributed by atoms with Gasteiger partial charge in [0.15, 0.2) is 0 Å². The first-order chi connectivity index (χ1) is 11.4. The Hall–Kier alpha value is -1.84. The third kappa shape index (κ3) is 5.08. The van der Waals surface area contributed by atoms with Crippen LogP contribution in [-0.4, -0.2) is 34.5 Å². The van der Waals surface area contributed by atoms with Crippen LogP contribution in [0.4, 0.5) is 0 Å². The molecule has 1 atom stereocenters. The van der Waals surface area contributed by atoms with Gasteiger partial charge in [-0.25, -0.2) is 0 Å². The molecule has 1 fully saturated rings. The molecule has 4 nitrogen and oxygen atoms in total. The summed E-state index contributed by atoms with van der Waals surface area (Å²) in [6.07, 6.45) is 5.08. The number of piperidine rings is 1. The van der Waals surface area contributed by atoms with Crippen molar-refractivity contribution in [2.24, 2.45) is 0 Å². The second-order valence-corrected chi connectivity index (χ2v) is 7.42. The Kier molecular flexibility index (Phi) is 6.41. The van der Waals surface area contributed by atoms with Crippen molar-refractivity contribution >= 4 is 11.9 Å². The van der Waals surface area contributed by atoms with Crippen molar-refractivity contribution in [2.45, 2.75) is 70.3 Å². The van der Waals surface area contributed by atoms with E-state index in [1.54, 1.807) is 0 Å². The first-order valence-electron chi connectivity index (χ1n) is 8.97. The Morgan fingerprint density at radius 1 is 1.17 bits per heavy atom. The summed E-state index contributed by atoms with van der Waals surface area (Å²) in [5.41, 5.74) is 1.21. The predicted octanol–water partition coefficient (Wildman–Crippen LogP) is 3.99. The summed E-state index contributed by atoms with van der Waals surface area (Å²) in [4.78, 5) is 25.5. The maximum absolute atomic E-state index is 12.7. The zero-order valence-electron chi connectivity index (χ0n) is 14.8. The van der Waals surface area contributed by atoms with Crippen LogP contribution in [0.1, 0.15) is 64.4 Å². The third-order valence-corrected chi connectivity index (χ3v) is 5.16. The van der Waals surface area contributed by atoms with Gasteiger partial charge in [-0.2, -0.15) is 0 Å². The molecular weight excluding hydrogens is 302 g/mol. The molecule has 1 N–H and O–H groups in total. The average Bonchev–Trinajstić information content (AvgIpc) is 2.59. The number of carbonyl (C=O) groups is 2. The molecule has 0 aromatic heterocycles. The second-order valence-electron chi connectivity index (χ2n) is 7.42. The summed E-state index contributed by atoms with van der Waals surface area (Å²) in [6, 6.07) is 10.4. The molecule has 4 heteroatoms.